The average Bonchev–Trinajstić information content (AvgIpc) is 3.61. The molecule has 2 aromatic heterocycles. The van der Waals surface area contributed by atoms with Gasteiger partial charge in [0, 0.05) is 17.8 Å². The first-order valence-corrected chi connectivity index (χ1v) is 10.7. The summed E-state index contributed by atoms with van der Waals surface area (Å²) in [6.45, 7) is -0.182. The number of anilines is 1. The van der Waals surface area contributed by atoms with Crippen LogP contribution in [0, 0.1) is 35.5 Å². The molecule has 2 amide bonds. The van der Waals surface area contributed by atoms with E-state index in [4.69, 9.17) is 9.47 Å². The number of carbonyl (C=O) groups is 3. The number of rotatable bonds is 6. The molecule has 2 aromatic rings. The first kappa shape index (κ1) is 19.2. The van der Waals surface area contributed by atoms with Gasteiger partial charge in [0.25, 0.3) is 0 Å². The van der Waals surface area contributed by atoms with Gasteiger partial charge in [-0.05, 0) is 48.3 Å². The average molecular weight is 431 g/mol. The summed E-state index contributed by atoms with van der Waals surface area (Å²) in [5.41, 5.74) is 0.410. The topological polar surface area (TPSA) is 98.7 Å². The molecule has 3 fully saturated rings. The number of pyridine rings is 2. The number of Topliss-reactive ketones (excluding diaryl/α,β-unsaturated/α-hetero) is 1. The highest BCUT2D eigenvalue weighted by Crippen LogP contribution is 2.65. The first-order chi connectivity index (χ1) is 15.6. The Balaban J connectivity index is 1.14. The van der Waals surface area contributed by atoms with Crippen molar-refractivity contribution in [1.82, 2.24) is 9.97 Å². The van der Waals surface area contributed by atoms with Crippen molar-refractivity contribution >= 4 is 23.4 Å². The lowest BCUT2D eigenvalue weighted by Crippen LogP contribution is -2.40. The Kier molecular flexibility index (Phi) is 4.18. The van der Waals surface area contributed by atoms with Crippen molar-refractivity contribution in [2.24, 2.45) is 35.5 Å². The summed E-state index contributed by atoms with van der Waals surface area (Å²) in [4.78, 5) is 48.1. The zero-order valence-electron chi connectivity index (χ0n) is 17.4. The number of hydrogen-bond donors (Lipinski definition) is 0. The lowest BCUT2D eigenvalue weighted by Gasteiger charge is -2.37. The Morgan fingerprint density at radius 2 is 1.72 bits per heavy atom. The summed E-state index contributed by atoms with van der Waals surface area (Å²) >= 11 is 0. The molecule has 5 aliphatic rings. The van der Waals surface area contributed by atoms with Crippen LogP contribution in [-0.4, -0.2) is 41.3 Å². The molecular weight excluding hydrogens is 410 g/mol. The van der Waals surface area contributed by atoms with Gasteiger partial charge in [-0.3, -0.25) is 14.4 Å². The molecule has 1 aliphatic heterocycles. The summed E-state index contributed by atoms with van der Waals surface area (Å²) in [5, 5.41) is 0. The summed E-state index contributed by atoms with van der Waals surface area (Å²) in [7, 11) is 1.50. The van der Waals surface area contributed by atoms with Crippen LogP contribution in [0.4, 0.5) is 5.82 Å². The third-order valence-corrected chi connectivity index (χ3v) is 7.25. The summed E-state index contributed by atoms with van der Waals surface area (Å²) < 4.78 is 10.5. The maximum Gasteiger partial charge on any atom is 0.239 e. The second-order valence-corrected chi connectivity index (χ2v) is 8.82. The van der Waals surface area contributed by atoms with Crippen molar-refractivity contribution in [3.05, 3.63) is 54.4 Å². The minimum absolute atomic E-state index is 0.145. The van der Waals surface area contributed by atoms with Crippen LogP contribution >= 0.6 is 0 Å². The SMILES string of the molecule is COc1ccc(C(=O)COc2ccc(N3C(=O)C4[C@@H](C3=O)[C@H]3C=C[C@@H]4[C@@H]4C[C@H]34)nc2)cn1. The number of carbonyl (C=O) groups excluding carboxylic acids is 3. The van der Waals surface area contributed by atoms with E-state index in [1.165, 1.54) is 24.4 Å². The van der Waals surface area contributed by atoms with Crippen LogP contribution in [-0.2, 0) is 9.59 Å². The van der Waals surface area contributed by atoms with Crippen LogP contribution in [0.1, 0.15) is 16.8 Å². The maximum absolute atomic E-state index is 13.1. The van der Waals surface area contributed by atoms with Crippen molar-refractivity contribution in [3.8, 4) is 11.6 Å². The minimum atomic E-state index is -0.255. The van der Waals surface area contributed by atoms with Crippen LogP contribution in [0.25, 0.3) is 0 Å². The number of ketones is 1. The number of nitrogens with zero attached hydrogens (tertiary/aromatic N) is 3. The van der Waals surface area contributed by atoms with E-state index in [1.54, 1.807) is 24.3 Å². The first-order valence-electron chi connectivity index (χ1n) is 10.7. The molecule has 1 saturated heterocycles. The van der Waals surface area contributed by atoms with Crippen LogP contribution in [0.3, 0.4) is 0 Å². The summed E-state index contributed by atoms with van der Waals surface area (Å²) in [5.74, 6) is 1.55. The zero-order chi connectivity index (χ0) is 22.0. The van der Waals surface area contributed by atoms with E-state index in [9.17, 15) is 14.4 Å². The molecule has 7 rings (SSSR count). The van der Waals surface area contributed by atoms with E-state index in [2.05, 4.69) is 22.1 Å². The monoisotopic (exact) mass is 431 g/mol. The molecule has 0 N–H and O–H groups in total. The molecule has 6 atom stereocenters. The highest BCUT2D eigenvalue weighted by Gasteiger charge is 2.67. The predicted molar refractivity (Wildman–Crippen MR) is 112 cm³/mol. The van der Waals surface area contributed by atoms with Crippen molar-refractivity contribution in [1.29, 1.82) is 0 Å². The van der Waals surface area contributed by atoms with Gasteiger partial charge in [0.2, 0.25) is 23.5 Å². The van der Waals surface area contributed by atoms with Crippen molar-refractivity contribution in [2.45, 2.75) is 6.42 Å². The number of amides is 2. The van der Waals surface area contributed by atoms with Gasteiger partial charge in [-0.2, -0.15) is 0 Å². The molecule has 1 unspecified atom stereocenters. The quantitative estimate of drug-likeness (QED) is 0.393. The molecule has 3 heterocycles. The van der Waals surface area contributed by atoms with E-state index in [1.807, 2.05) is 0 Å². The van der Waals surface area contributed by atoms with Crippen molar-refractivity contribution < 1.29 is 23.9 Å². The highest BCUT2D eigenvalue weighted by molar-refractivity contribution is 6.22. The van der Waals surface area contributed by atoms with E-state index >= 15 is 0 Å². The molecule has 8 nitrogen and oxygen atoms in total. The number of allylic oxidation sites excluding steroid dienone is 2. The van der Waals surface area contributed by atoms with Crippen LogP contribution in [0.5, 0.6) is 11.6 Å². The molecule has 4 aliphatic carbocycles. The highest BCUT2D eigenvalue weighted by atomic mass is 16.5. The number of aromatic nitrogens is 2. The third kappa shape index (κ3) is 2.78. The Labute approximate surface area is 184 Å². The number of methoxy groups -OCH3 is 1. The van der Waals surface area contributed by atoms with Gasteiger partial charge in [-0.15, -0.1) is 0 Å². The lowest BCUT2D eigenvalue weighted by molar-refractivity contribution is -0.124. The van der Waals surface area contributed by atoms with E-state index in [0.717, 1.165) is 6.42 Å². The minimum Gasteiger partial charge on any atom is -0.484 e. The molecule has 162 valence electrons. The van der Waals surface area contributed by atoms with Crippen LogP contribution < -0.4 is 14.4 Å². The van der Waals surface area contributed by atoms with Crippen LogP contribution in [0.2, 0.25) is 0 Å². The molecule has 2 saturated carbocycles. The van der Waals surface area contributed by atoms with Gasteiger partial charge >= 0.3 is 0 Å². The van der Waals surface area contributed by atoms with E-state index < -0.39 is 0 Å². The molecule has 2 bridgehead atoms. The summed E-state index contributed by atoms with van der Waals surface area (Å²) in [6.07, 6.45) is 8.29. The largest absolute Gasteiger partial charge is 0.484 e. The molecule has 0 spiro atoms. The number of hydrogen-bond acceptors (Lipinski definition) is 7. The van der Waals surface area contributed by atoms with Crippen LogP contribution in [0.15, 0.2) is 48.8 Å². The lowest BCUT2D eigenvalue weighted by atomic mass is 9.63. The van der Waals surface area contributed by atoms with Gasteiger partial charge in [-0.1, -0.05) is 12.2 Å². The molecular formula is C24H21N3O5. The van der Waals surface area contributed by atoms with E-state index in [0.29, 0.717) is 34.8 Å². The van der Waals surface area contributed by atoms with Gasteiger partial charge in [-0.25, -0.2) is 14.9 Å². The fourth-order valence-electron chi connectivity index (χ4n) is 5.67. The van der Waals surface area contributed by atoms with E-state index in [-0.39, 0.29) is 47.9 Å². The van der Waals surface area contributed by atoms with Gasteiger partial charge in [0.05, 0.1) is 25.1 Å². The fraction of sp³-hybridized carbons (Fsp3) is 0.375. The molecule has 0 radical (unpaired) electrons. The summed E-state index contributed by atoms with van der Waals surface area (Å²) in [6, 6.07) is 6.44. The number of imide groups is 1. The second kappa shape index (κ2) is 6.98. The molecule has 0 aromatic carbocycles. The Morgan fingerprint density at radius 3 is 2.28 bits per heavy atom. The van der Waals surface area contributed by atoms with Gasteiger partial charge in [0.1, 0.15) is 11.6 Å². The third-order valence-electron chi connectivity index (χ3n) is 7.25. The normalized spacial score (nSPS) is 31.3. The Morgan fingerprint density at radius 1 is 1.00 bits per heavy atom. The van der Waals surface area contributed by atoms with Gasteiger partial charge in [0.15, 0.2) is 6.61 Å². The number of ether oxygens (including phenoxy) is 2. The van der Waals surface area contributed by atoms with Gasteiger partial charge < -0.3 is 9.47 Å². The van der Waals surface area contributed by atoms with Crippen molar-refractivity contribution in [2.75, 3.05) is 18.6 Å². The second-order valence-electron chi connectivity index (χ2n) is 8.82. The zero-order valence-corrected chi connectivity index (χ0v) is 17.4. The Hall–Kier alpha value is -3.55. The Bertz CT molecular complexity index is 1110. The maximum atomic E-state index is 13.1. The fourth-order valence-corrected chi connectivity index (χ4v) is 5.67. The smallest absolute Gasteiger partial charge is 0.239 e. The molecule has 8 heteroatoms. The predicted octanol–water partition coefficient (Wildman–Crippen LogP) is 2.30. The van der Waals surface area contributed by atoms with Crippen molar-refractivity contribution in [3.63, 3.8) is 0 Å². The standard InChI is InChI=1S/C24H21N3O5/c1-31-20-7-2-12(9-26-20)18(28)11-32-13-3-6-19(25-10-13)27-23(29)21-14-4-5-15(17-8-16(14)17)22(21)24(27)30/h2-7,9-10,14-17,21-22H,8,11H2,1H3/t14-,15+,16+,17-,21-,22?/m0/s1. The molecule has 32 heavy (non-hydrogen) atoms.